The maximum absolute atomic E-state index is 11.3. The molecule has 0 bridgehead atoms. The first-order chi connectivity index (χ1) is 10.0. The topological polar surface area (TPSA) is 68.0 Å². The van der Waals surface area contributed by atoms with Gasteiger partial charge in [-0.15, -0.1) is 0 Å². The lowest BCUT2D eigenvalue weighted by Gasteiger charge is -2.16. The maximum atomic E-state index is 11.3. The Kier molecular flexibility index (Phi) is 3.43. The van der Waals surface area contributed by atoms with Gasteiger partial charge in [-0.25, -0.2) is 9.67 Å². The van der Waals surface area contributed by atoms with Crippen molar-refractivity contribution in [1.29, 1.82) is 0 Å². The lowest BCUT2D eigenvalue weighted by Crippen LogP contribution is -2.13. The summed E-state index contributed by atoms with van der Waals surface area (Å²) in [5.41, 5.74) is 3.52. The lowest BCUT2D eigenvalue weighted by molar-refractivity contribution is -0.138. The molecule has 2 aromatic heterocycles. The van der Waals surface area contributed by atoms with Gasteiger partial charge in [0.1, 0.15) is 0 Å². The lowest BCUT2D eigenvalue weighted by atomic mass is 9.94. The summed E-state index contributed by atoms with van der Waals surface area (Å²) in [4.78, 5) is 16.0. The number of fused-ring (bicyclic) bond motifs is 1. The van der Waals surface area contributed by atoms with Gasteiger partial charge in [-0.05, 0) is 44.7 Å². The Morgan fingerprint density at radius 1 is 1.38 bits per heavy atom. The fourth-order valence-corrected chi connectivity index (χ4v) is 3.54. The van der Waals surface area contributed by atoms with E-state index in [1.165, 1.54) is 12.8 Å². The van der Waals surface area contributed by atoms with Gasteiger partial charge < -0.3 is 5.11 Å². The zero-order valence-corrected chi connectivity index (χ0v) is 12.8. The molecule has 1 aliphatic carbocycles. The highest BCUT2D eigenvalue weighted by atomic mass is 16.4. The molecule has 112 valence electrons. The molecule has 0 spiro atoms. The molecule has 1 fully saturated rings. The van der Waals surface area contributed by atoms with Crippen LogP contribution in [0.4, 0.5) is 0 Å². The molecule has 2 aromatic rings. The summed E-state index contributed by atoms with van der Waals surface area (Å²) >= 11 is 0. The number of carboxylic acids is 1. The van der Waals surface area contributed by atoms with Gasteiger partial charge in [-0.2, -0.15) is 5.10 Å². The molecule has 1 N–H and O–H groups in total. The molecule has 0 aliphatic heterocycles. The van der Waals surface area contributed by atoms with Crippen LogP contribution in [0.1, 0.15) is 61.4 Å². The third-order valence-electron chi connectivity index (χ3n) is 4.71. The number of hydrogen-bond acceptors (Lipinski definition) is 3. The van der Waals surface area contributed by atoms with E-state index in [1.54, 1.807) is 6.92 Å². The molecule has 0 amide bonds. The minimum Gasteiger partial charge on any atom is -0.481 e. The molecule has 5 heteroatoms. The van der Waals surface area contributed by atoms with Gasteiger partial charge in [0, 0.05) is 11.1 Å². The van der Waals surface area contributed by atoms with Crippen molar-refractivity contribution >= 4 is 17.0 Å². The monoisotopic (exact) mass is 287 g/mol. The molecule has 0 radical (unpaired) electrons. The number of nitrogens with zero attached hydrogens (tertiary/aromatic N) is 3. The van der Waals surface area contributed by atoms with Crippen LogP contribution in [-0.2, 0) is 4.79 Å². The van der Waals surface area contributed by atoms with Crippen LogP contribution < -0.4 is 0 Å². The van der Waals surface area contributed by atoms with Crippen molar-refractivity contribution in [3.05, 3.63) is 23.0 Å². The highest BCUT2D eigenvalue weighted by Crippen LogP contribution is 2.34. The SMILES string of the molecule is Cc1nc2c(cnn2C2CCCC2)c(C)c1C(C)C(=O)O. The number of rotatable bonds is 3. The second-order valence-electron chi connectivity index (χ2n) is 6.06. The van der Waals surface area contributed by atoms with Crippen LogP contribution in [0.5, 0.6) is 0 Å². The van der Waals surface area contributed by atoms with Crippen molar-refractivity contribution in [1.82, 2.24) is 14.8 Å². The normalized spacial score (nSPS) is 17.5. The van der Waals surface area contributed by atoms with Gasteiger partial charge in [-0.1, -0.05) is 12.8 Å². The molecule has 1 unspecified atom stereocenters. The summed E-state index contributed by atoms with van der Waals surface area (Å²) in [6.07, 6.45) is 6.65. The van der Waals surface area contributed by atoms with Crippen LogP contribution in [0.2, 0.25) is 0 Å². The Hall–Kier alpha value is -1.91. The fourth-order valence-electron chi connectivity index (χ4n) is 3.54. The minimum absolute atomic E-state index is 0.441. The molecule has 1 saturated carbocycles. The molecular formula is C16H21N3O2. The Balaban J connectivity index is 2.16. The summed E-state index contributed by atoms with van der Waals surface area (Å²) in [7, 11) is 0. The van der Waals surface area contributed by atoms with E-state index in [0.29, 0.717) is 6.04 Å². The standard InChI is InChI=1S/C16H21N3O2/c1-9-13-8-17-19(12-6-4-5-7-12)15(13)18-11(3)14(9)10(2)16(20)21/h8,10,12H,4-7H2,1-3H3,(H,20,21). The average Bonchev–Trinajstić information content (AvgIpc) is 3.06. The Labute approximate surface area is 124 Å². The van der Waals surface area contributed by atoms with Crippen molar-refractivity contribution in [3.63, 3.8) is 0 Å². The first kappa shape index (κ1) is 14.0. The minimum atomic E-state index is -0.814. The van der Waals surface area contributed by atoms with Crippen LogP contribution in [0, 0.1) is 13.8 Å². The van der Waals surface area contributed by atoms with Gasteiger partial charge in [0.25, 0.3) is 0 Å². The van der Waals surface area contributed by atoms with Gasteiger partial charge in [0.15, 0.2) is 5.65 Å². The number of hydrogen-bond donors (Lipinski definition) is 1. The molecule has 2 heterocycles. The molecule has 1 atom stereocenters. The van der Waals surface area contributed by atoms with E-state index < -0.39 is 11.9 Å². The molecule has 5 nitrogen and oxygen atoms in total. The molecule has 1 aliphatic rings. The molecule has 0 saturated heterocycles. The Morgan fingerprint density at radius 2 is 2.05 bits per heavy atom. The predicted molar refractivity (Wildman–Crippen MR) is 80.6 cm³/mol. The summed E-state index contributed by atoms with van der Waals surface area (Å²) in [6.45, 7) is 5.59. The summed E-state index contributed by atoms with van der Waals surface area (Å²) < 4.78 is 2.04. The van der Waals surface area contributed by atoms with Crippen molar-refractivity contribution in [3.8, 4) is 0 Å². The average molecular weight is 287 g/mol. The number of carbonyl (C=O) groups is 1. The summed E-state index contributed by atoms with van der Waals surface area (Å²) in [6, 6.07) is 0.441. The van der Waals surface area contributed by atoms with Crippen molar-refractivity contribution in [2.24, 2.45) is 0 Å². The zero-order valence-electron chi connectivity index (χ0n) is 12.8. The van der Waals surface area contributed by atoms with Gasteiger partial charge >= 0.3 is 5.97 Å². The van der Waals surface area contributed by atoms with Crippen molar-refractivity contribution in [2.75, 3.05) is 0 Å². The number of aromatic nitrogens is 3. The number of carboxylic acid groups (broad SMARTS) is 1. The third kappa shape index (κ3) is 2.20. The molecule has 3 rings (SSSR count). The predicted octanol–water partition coefficient (Wildman–Crippen LogP) is 3.35. The number of aryl methyl sites for hydroxylation is 2. The highest BCUT2D eigenvalue weighted by Gasteiger charge is 2.25. The van der Waals surface area contributed by atoms with Crippen molar-refractivity contribution in [2.45, 2.75) is 58.4 Å². The zero-order chi connectivity index (χ0) is 15.1. The number of pyridine rings is 1. The molecule has 21 heavy (non-hydrogen) atoms. The largest absolute Gasteiger partial charge is 0.481 e. The van der Waals surface area contributed by atoms with Crippen LogP contribution in [-0.4, -0.2) is 25.8 Å². The van der Waals surface area contributed by atoms with Crippen LogP contribution in [0.3, 0.4) is 0 Å². The number of aliphatic carboxylic acids is 1. The van der Waals surface area contributed by atoms with Gasteiger partial charge in [-0.3, -0.25) is 4.79 Å². The Morgan fingerprint density at radius 3 is 2.67 bits per heavy atom. The van der Waals surface area contributed by atoms with E-state index in [1.807, 2.05) is 24.7 Å². The van der Waals surface area contributed by atoms with E-state index in [9.17, 15) is 9.90 Å². The highest BCUT2D eigenvalue weighted by molar-refractivity contribution is 5.84. The van der Waals surface area contributed by atoms with E-state index in [-0.39, 0.29) is 0 Å². The first-order valence-corrected chi connectivity index (χ1v) is 7.57. The van der Waals surface area contributed by atoms with E-state index in [4.69, 9.17) is 0 Å². The van der Waals surface area contributed by atoms with Crippen LogP contribution in [0.25, 0.3) is 11.0 Å². The summed E-state index contributed by atoms with van der Waals surface area (Å²) in [5.74, 6) is -1.36. The quantitative estimate of drug-likeness (QED) is 0.940. The van der Waals surface area contributed by atoms with Crippen LogP contribution in [0.15, 0.2) is 6.20 Å². The smallest absolute Gasteiger partial charge is 0.310 e. The second-order valence-corrected chi connectivity index (χ2v) is 6.06. The maximum Gasteiger partial charge on any atom is 0.310 e. The van der Waals surface area contributed by atoms with Gasteiger partial charge in [0.05, 0.1) is 18.2 Å². The van der Waals surface area contributed by atoms with E-state index >= 15 is 0 Å². The first-order valence-electron chi connectivity index (χ1n) is 7.57. The van der Waals surface area contributed by atoms with Crippen LogP contribution >= 0.6 is 0 Å². The molecular weight excluding hydrogens is 266 g/mol. The third-order valence-corrected chi connectivity index (χ3v) is 4.71. The summed E-state index contributed by atoms with van der Waals surface area (Å²) in [5, 5.41) is 14.8. The second kappa shape index (κ2) is 5.13. The van der Waals surface area contributed by atoms with Crippen molar-refractivity contribution < 1.29 is 9.90 Å². The van der Waals surface area contributed by atoms with E-state index in [2.05, 4.69) is 10.1 Å². The van der Waals surface area contributed by atoms with Gasteiger partial charge in [0.2, 0.25) is 0 Å². The Bertz CT molecular complexity index is 699. The fraction of sp³-hybridized carbons (Fsp3) is 0.562. The molecule has 0 aromatic carbocycles. The van der Waals surface area contributed by atoms with E-state index in [0.717, 1.165) is 40.7 Å².